The largest absolute Gasteiger partial charge is 0.508 e. The van der Waals surface area contributed by atoms with Crippen LogP contribution in [0.3, 0.4) is 0 Å². The van der Waals surface area contributed by atoms with Gasteiger partial charge in [0.05, 0.1) is 18.4 Å². The van der Waals surface area contributed by atoms with Crippen LogP contribution < -0.4 is 10.4 Å². The number of phenolic OH excluding ortho intramolecular Hbond substituents is 2. The summed E-state index contributed by atoms with van der Waals surface area (Å²) in [6.45, 7) is 3.85. The van der Waals surface area contributed by atoms with Crippen LogP contribution in [0.2, 0.25) is 0 Å². The number of ether oxygens (including phenoxy) is 1. The molecule has 3 N–H and O–H groups in total. The van der Waals surface area contributed by atoms with Crippen molar-refractivity contribution in [2.24, 2.45) is 0 Å². The molecule has 0 aliphatic rings. The summed E-state index contributed by atoms with van der Waals surface area (Å²) in [6.07, 6.45) is 0. The molecule has 0 saturated heterocycles. The second-order valence-electron chi connectivity index (χ2n) is 5.97. The van der Waals surface area contributed by atoms with Gasteiger partial charge in [0.2, 0.25) is 0 Å². The predicted octanol–water partition coefficient (Wildman–Crippen LogP) is 2.77. The molecule has 0 aliphatic carbocycles. The molecule has 0 fully saturated rings. The maximum Gasteiger partial charge on any atom is 0.348 e. The van der Waals surface area contributed by atoms with Crippen LogP contribution in [0.5, 0.6) is 17.2 Å². The van der Waals surface area contributed by atoms with Crippen LogP contribution in [0.1, 0.15) is 25.3 Å². The zero-order valence-corrected chi connectivity index (χ0v) is 14.1. The van der Waals surface area contributed by atoms with Gasteiger partial charge in [0.15, 0.2) is 5.82 Å². The first-order valence-electron chi connectivity index (χ1n) is 7.80. The molecule has 2 aromatic carbocycles. The first kappa shape index (κ1) is 16.6. The van der Waals surface area contributed by atoms with E-state index in [0.717, 1.165) is 0 Å². The van der Waals surface area contributed by atoms with Crippen molar-refractivity contribution < 1.29 is 14.9 Å². The van der Waals surface area contributed by atoms with Crippen molar-refractivity contribution in [1.29, 1.82) is 0 Å². The third-order valence-electron chi connectivity index (χ3n) is 3.99. The molecule has 0 atom stereocenters. The average molecular weight is 341 g/mol. The van der Waals surface area contributed by atoms with E-state index in [1.165, 1.54) is 10.6 Å². The first-order valence-corrected chi connectivity index (χ1v) is 7.80. The second kappa shape index (κ2) is 6.35. The lowest BCUT2D eigenvalue weighted by Crippen LogP contribution is -2.15. The van der Waals surface area contributed by atoms with E-state index in [1.807, 2.05) is 13.8 Å². The summed E-state index contributed by atoms with van der Waals surface area (Å²) < 4.78 is 6.55. The van der Waals surface area contributed by atoms with E-state index in [2.05, 4.69) is 10.2 Å². The molecule has 1 heterocycles. The molecular weight excluding hydrogens is 322 g/mol. The number of hydrogen-bond acceptors (Lipinski definition) is 5. The highest BCUT2D eigenvalue weighted by Crippen LogP contribution is 2.37. The van der Waals surface area contributed by atoms with Gasteiger partial charge in [-0.3, -0.25) is 0 Å². The zero-order valence-electron chi connectivity index (χ0n) is 14.1. The molecule has 25 heavy (non-hydrogen) atoms. The summed E-state index contributed by atoms with van der Waals surface area (Å²) in [6, 6.07) is 9.86. The standard InChI is InChI=1S/C18H19N3O4/c1-10(2)13-8-14(16(23)9-15(13)22)17-19-20-18(24)21(17)11-5-4-6-12(7-11)25-3/h4-10,22-23H,1-3H3,(H,20,24). The van der Waals surface area contributed by atoms with Gasteiger partial charge >= 0.3 is 5.69 Å². The summed E-state index contributed by atoms with van der Waals surface area (Å²) >= 11 is 0. The molecule has 0 unspecified atom stereocenters. The van der Waals surface area contributed by atoms with Gasteiger partial charge in [0.1, 0.15) is 17.2 Å². The summed E-state index contributed by atoms with van der Waals surface area (Å²) in [5.41, 5.74) is 1.11. The van der Waals surface area contributed by atoms with E-state index < -0.39 is 5.69 Å². The molecule has 7 heteroatoms. The Morgan fingerprint density at radius 2 is 1.92 bits per heavy atom. The smallest absolute Gasteiger partial charge is 0.348 e. The number of aromatic nitrogens is 3. The number of nitrogens with one attached hydrogen (secondary N) is 1. The van der Waals surface area contributed by atoms with Gasteiger partial charge in [-0.1, -0.05) is 19.9 Å². The highest BCUT2D eigenvalue weighted by atomic mass is 16.5. The Kier molecular flexibility index (Phi) is 4.22. The van der Waals surface area contributed by atoms with Gasteiger partial charge in [0.25, 0.3) is 0 Å². The van der Waals surface area contributed by atoms with Crippen LogP contribution in [-0.4, -0.2) is 32.1 Å². The van der Waals surface area contributed by atoms with Gasteiger partial charge < -0.3 is 14.9 Å². The SMILES string of the molecule is COc1cccc(-n2c(-c3cc(C(C)C)c(O)cc3O)n[nH]c2=O)c1. The fourth-order valence-electron chi connectivity index (χ4n) is 2.70. The van der Waals surface area contributed by atoms with E-state index >= 15 is 0 Å². The van der Waals surface area contributed by atoms with Gasteiger partial charge in [-0.15, -0.1) is 0 Å². The molecule has 0 amide bonds. The van der Waals surface area contributed by atoms with Crippen LogP contribution in [-0.2, 0) is 0 Å². The van der Waals surface area contributed by atoms with Crippen LogP contribution in [0, 0.1) is 0 Å². The molecule has 130 valence electrons. The number of phenols is 2. The topological polar surface area (TPSA) is 100 Å². The van der Waals surface area contributed by atoms with Crippen molar-refractivity contribution in [3.05, 3.63) is 52.4 Å². The third-order valence-corrected chi connectivity index (χ3v) is 3.99. The van der Waals surface area contributed by atoms with E-state index in [1.54, 1.807) is 37.4 Å². The summed E-state index contributed by atoms with van der Waals surface area (Å²) in [7, 11) is 1.54. The minimum atomic E-state index is -0.443. The Balaban J connectivity index is 2.24. The van der Waals surface area contributed by atoms with Crippen LogP contribution >= 0.6 is 0 Å². The Hall–Kier alpha value is -3.22. The number of H-pyrrole nitrogens is 1. The van der Waals surface area contributed by atoms with Crippen molar-refractivity contribution in [2.75, 3.05) is 7.11 Å². The van der Waals surface area contributed by atoms with Crippen LogP contribution in [0.25, 0.3) is 17.1 Å². The molecule has 3 aromatic rings. The second-order valence-corrected chi connectivity index (χ2v) is 5.97. The van der Waals surface area contributed by atoms with Crippen LogP contribution in [0.15, 0.2) is 41.2 Å². The molecule has 0 spiro atoms. The maximum atomic E-state index is 12.3. The fourth-order valence-corrected chi connectivity index (χ4v) is 2.70. The normalized spacial score (nSPS) is 11.0. The molecule has 0 aliphatic heterocycles. The molecule has 7 nitrogen and oxygen atoms in total. The van der Waals surface area contributed by atoms with E-state index in [9.17, 15) is 15.0 Å². The molecule has 0 saturated carbocycles. The number of benzene rings is 2. The summed E-state index contributed by atoms with van der Waals surface area (Å²) in [5, 5.41) is 26.8. The minimum absolute atomic E-state index is 0.00191. The van der Waals surface area contributed by atoms with Crippen molar-refractivity contribution in [3.8, 4) is 34.3 Å². The van der Waals surface area contributed by atoms with E-state index in [-0.39, 0.29) is 23.2 Å². The van der Waals surface area contributed by atoms with Gasteiger partial charge in [0, 0.05) is 12.1 Å². The maximum absolute atomic E-state index is 12.3. The van der Waals surface area contributed by atoms with E-state index in [4.69, 9.17) is 4.74 Å². The highest BCUT2D eigenvalue weighted by Gasteiger charge is 2.19. The fraction of sp³-hybridized carbons (Fsp3) is 0.222. The molecule has 3 rings (SSSR count). The Bertz CT molecular complexity index is 973. The number of nitrogens with zero attached hydrogens (tertiary/aromatic N) is 2. The number of aromatic amines is 1. The van der Waals surface area contributed by atoms with Crippen molar-refractivity contribution >= 4 is 0 Å². The summed E-state index contributed by atoms with van der Waals surface area (Å²) in [4.78, 5) is 12.3. The molecule has 1 aromatic heterocycles. The first-order chi connectivity index (χ1) is 11.9. The predicted molar refractivity (Wildman–Crippen MR) is 93.6 cm³/mol. The molecule has 0 bridgehead atoms. The van der Waals surface area contributed by atoms with Gasteiger partial charge in [-0.05, 0) is 29.7 Å². The van der Waals surface area contributed by atoms with Crippen LogP contribution in [0.4, 0.5) is 0 Å². The van der Waals surface area contributed by atoms with Gasteiger partial charge in [-0.2, -0.15) is 5.10 Å². The Morgan fingerprint density at radius 1 is 1.16 bits per heavy atom. The Morgan fingerprint density at radius 3 is 2.60 bits per heavy atom. The number of aromatic hydroxyl groups is 2. The average Bonchev–Trinajstić information content (AvgIpc) is 2.96. The zero-order chi connectivity index (χ0) is 18.1. The van der Waals surface area contributed by atoms with Crippen molar-refractivity contribution in [2.45, 2.75) is 19.8 Å². The third kappa shape index (κ3) is 2.96. The lowest BCUT2D eigenvalue weighted by Gasteiger charge is -2.13. The summed E-state index contributed by atoms with van der Waals surface area (Å²) in [5.74, 6) is 0.717. The monoisotopic (exact) mass is 341 g/mol. The lowest BCUT2D eigenvalue weighted by molar-refractivity contribution is 0.414. The van der Waals surface area contributed by atoms with Crippen molar-refractivity contribution in [3.63, 3.8) is 0 Å². The van der Waals surface area contributed by atoms with Gasteiger partial charge in [-0.25, -0.2) is 14.5 Å². The highest BCUT2D eigenvalue weighted by molar-refractivity contribution is 5.69. The lowest BCUT2D eigenvalue weighted by atomic mass is 9.98. The number of methoxy groups -OCH3 is 1. The number of hydrogen-bond donors (Lipinski definition) is 3. The van der Waals surface area contributed by atoms with E-state index in [0.29, 0.717) is 22.6 Å². The van der Waals surface area contributed by atoms with Crippen molar-refractivity contribution in [1.82, 2.24) is 14.8 Å². The molecule has 0 radical (unpaired) electrons. The number of rotatable bonds is 4. The molecular formula is C18H19N3O4. The minimum Gasteiger partial charge on any atom is -0.508 e. The Labute approximate surface area is 144 Å². The quantitative estimate of drug-likeness (QED) is 0.677.